The Morgan fingerprint density at radius 3 is 2.57 bits per heavy atom. The number of rotatable bonds is 0. The summed E-state index contributed by atoms with van der Waals surface area (Å²) >= 11 is 0. The summed E-state index contributed by atoms with van der Waals surface area (Å²) < 4.78 is 0. The molecule has 0 aliphatic rings. The van der Waals surface area contributed by atoms with Crippen LogP contribution >= 0.6 is 0 Å². The molecule has 0 spiro atoms. The van der Waals surface area contributed by atoms with Crippen LogP contribution in [-0.2, 0) is 0 Å². The van der Waals surface area contributed by atoms with Gasteiger partial charge in [-0.15, -0.1) is 0 Å². The number of aromatic hydroxyl groups is 1. The average Bonchev–Trinajstić information content (AvgIpc) is 1.69. The van der Waals surface area contributed by atoms with Crippen LogP contribution in [0.5, 0.6) is 5.88 Å². The van der Waals surface area contributed by atoms with Gasteiger partial charge in [-0.1, -0.05) is 6.07 Å². The van der Waals surface area contributed by atoms with E-state index >= 15 is 0 Å². The van der Waals surface area contributed by atoms with Crippen LogP contribution in [0.1, 0.15) is 0 Å². The van der Waals surface area contributed by atoms with E-state index < -0.39 is 0 Å². The third-order valence-corrected chi connectivity index (χ3v) is 0.649. The fourth-order valence-corrected chi connectivity index (χ4v) is 0.354. The Morgan fingerprint density at radius 1 is 1.43 bits per heavy atom. The van der Waals surface area contributed by atoms with Crippen LogP contribution in [0.4, 0.5) is 0 Å². The molecule has 0 unspecified atom stereocenters. The quantitative estimate of drug-likeness (QED) is 0.516. The normalized spacial score (nSPS) is 8.57. The lowest BCUT2D eigenvalue weighted by Gasteiger charge is -1.81. The molecule has 2 nitrogen and oxygen atoms in total. The van der Waals surface area contributed by atoms with Crippen LogP contribution in [0.15, 0.2) is 24.4 Å². The Labute approximate surface area is 41.4 Å². The van der Waals surface area contributed by atoms with Crippen molar-refractivity contribution in [2.24, 2.45) is 0 Å². The fraction of sp³-hybridized carbons (Fsp3) is 0. The Morgan fingerprint density at radius 2 is 2.29 bits per heavy atom. The standard InChI is InChI=1S/C5H5NO/c7-5-3-1-2-4-6-5/h1-4H,(H,6,7)/i5+0. The first-order chi connectivity index (χ1) is 3.39. The summed E-state index contributed by atoms with van der Waals surface area (Å²) in [5.74, 6) is 0.0718. The third kappa shape index (κ3) is 0.892. The highest BCUT2D eigenvalue weighted by Crippen LogP contribution is 1.96. The van der Waals surface area contributed by atoms with Gasteiger partial charge in [0.15, 0.2) is 0 Å². The fourth-order valence-electron chi connectivity index (χ4n) is 0.354. The first-order valence-corrected chi connectivity index (χ1v) is 1.99. The van der Waals surface area contributed by atoms with Gasteiger partial charge in [0.25, 0.3) is 0 Å². The highest BCUT2D eigenvalue weighted by molar-refractivity contribution is 5.06. The van der Waals surface area contributed by atoms with E-state index in [1.807, 2.05) is 0 Å². The van der Waals surface area contributed by atoms with E-state index in [-0.39, 0.29) is 5.88 Å². The van der Waals surface area contributed by atoms with E-state index in [0.717, 1.165) is 0 Å². The first kappa shape index (κ1) is 4.12. The zero-order valence-corrected chi connectivity index (χ0v) is 3.70. The van der Waals surface area contributed by atoms with Gasteiger partial charge in [0, 0.05) is 12.3 Å². The van der Waals surface area contributed by atoms with Crippen LogP contribution in [-0.4, -0.2) is 10.1 Å². The maximum atomic E-state index is 8.52. The van der Waals surface area contributed by atoms with Crippen molar-refractivity contribution >= 4 is 0 Å². The van der Waals surface area contributed by atoms with Crippen molar-refractivity contribution < 1.29 is 5.11 Å². The maximum absolute atomic E-state index is 8.52. The van der Waals surface area contributed by atoms with Crippen molar-refractivity contribution in [2.75, 3.05) is 0 Å². The molecule has 0 atom stereocenters. The Kier molecular flexibility index (Phi) is 0.941. The number of nitrogens with zero attached hydrogens (tertiary/aromatic N) is 1. The van der Waals surface area contributed by atoms with E-state index in [9.17, 15) is 0 Å². The van der Waals surface area contributed by atoms with Crippen LogP contribution in [0, 0.1) is 0 Å². The maximum Gasteiger partial charge on any atom is 0.210 e. The molecule has 0 aromatic carbocycles. The molecule has 36 valence electrons. The molecule has 0 fully saturated rings. The molecule has 1 heterocycles. The van der Waals surface area contributed by atoms with E-state index in [2.05, 4.69) is 4.98 Å². The summed E-state index contributed by atoms with van der Waals surface area (Å²) in [7, 11) is 0. The van der Waals surface area contributed by atoms with E-state index in [1.54, 1.807) is 12.1 Å². The number of pyridine rings is 1. The van der Waals surface area contributed by atoms with Crippen molar-refractivity contribution in [2.45, 2.75) is 0 Å². The van der Waals surface area contributed by atoms with Gasteiger partial charge in [0.2, 0.25) is 5.88 Å². The largest absolute Gasteiger partial charge is 0.493 e. The van der Waals surface area contributed by atoms with Crippen molar-refractivity contribution in [3.05, 3.63) is 24.4 Å². The summed E-state index contributed by atoms with van der Waals surface area (Å²) in [5, 5.41) is 8.52. The lowest BCUT2D eigenvalue weighted by molar-refractivity contribution is 0.453. The minimum atomic E-state index is 0.0718. The molecule has 0 saturated heterocycles. The summed E-state index contributed by atoms with van der Waals surface area (Å²) in [4.78, 5) is 3.53. The predicted molar refractivity (Wildman–Crippen MR) is 25.9 cm³/mol. The van der Waals surface area contributed by atoms with Gasteiger partial charge >= 0.3 is 0 Å². The van der Waals surface area contributed by atoms with Gasteiger partial charge in [-0.05, 0) is 6.07 Å². The second-order valence-electron chi connectivity index (χ2n) is 1.19. The smallest absolute Gasteiger partial charge is 0.210 e. The second-order valence-corrected chi connectivity index (χ2v) is 1.19. The van der Waals surface area contributed by atoms with Gasteiger partial charge in [0.1, 0.15) is 0 Å². The van der Waals surface area contributed by atoms with Crippen LogP contribution in [0.2, 0.25) is 0 Å². The van der Waals surface area contributed by atoms with Crippen molar-refractivity contribution in [1.82, 2.24) is 4.98 Å². The predicted octanol–water partition coefficient (Wildman–Crippen LogP) is 0.787. The molecule has 7 heavy (non-hydrogen) atoms. The first-order valence-electron chi connectivity index (χ1n) is 1.99. The Balaban J connectivity index is 3.02. The van der Waals surface area contributed by atoms with Crippen molar-refractivity contribution in [3.63, 3.8) is 0 Å². The van der Waals surface area contributed by atoms with Crippen molar-refractivity contribution in [3.8, 4) is 5.88 Å². The molecular formula is C5H5NO. The minimum Gasteiger partial charge on any atom is -0.493 e. The van der Waals surface area contributed by atoms with Gasteiger partial charge in [-0.2, -0.15) is 0 Å². The molecule has 1 N–H and O–H groups in total. The lowest BCUT2D eigenvalue weighted by atomic mass is 10.5. The van der Waals surface area contributed by atoms with Crippen LogP contribution in [0.3, 0.4) is 0 Å². The van der Waals surface area contributed by atoms with Crippen molar-refractivity contribution in [1.29, 1.82) is 0 Å². The summed E-state index contributed by atoms with van der Waals surface area (Å²) in [6.45, 7) is 0. The molecule has 0 amide bonds. The van der Waals surface area contributed by atoms with E-state index in [4.69, 9.17) is 5.11 Å². The molecule has 0 saturated carbocycles. The zero-order chi connectivity index (χ0) is 5.11. The minimum absolute atomic E-state index is 0.0718. The SMILES string of the molecule is O[12c]1ccccn1. The summed E-state index contributed by atoms with van der Waals surface area (Å²) in [5.41, 5.74) is 0. The Hall–Kier alpha value is -1.05. The molecule has 0 bridgehead atoms. The number of hydrogen-bond acceptors (Lipinski definition) is 2. The second kappa shape index (κ2) is 1.60. The average molecular weight is 95.1 g/mol. The molecule has 0 radical (unpaired) electrons. The van der Waals surface area contributed by atoms with Crippen LogP contribution in [0.25, 0.3) is 0 Å². The Bertz CT molecular complexity index is 138. The molecule has 0 aliphatic heterocycles. The van der Waals surface area contributed by atoms with Gasteiger partial charge in [0.05, 0.1) is 0 Å². The topological polar surface area (TPSA) is 33.1 Å². The van der Waals surface area contributed by atoms with E-state index in [1.165, 1.54) is 12.3 Å². The van der Waals surface area contributed by atoms with Gasteiger partial charge < -0.3 is 5.11 Å². The summed E-state index contributed by atoms with van der Waals surface area (Å²) in [6, 6.07) is 5.00. The molecule has 1 aromatic rings. The summed E-state index contributed by atoms with van der Waals surface area (Å²) in [6.07, 6.45) is 1.54. The van der Waals surface area contributed by atoms with Gasteiger partial charge in [-0.25, -0.2) is 4.98 Å². The van der Waals surface area contributed by atoms with Crippen LogP contribution < -0.4 is 0 Å². The lowest BCUT2D eigenvalue weighted by Crippen LogP contribution is -1.66. The third-order valence-electron chi connectivity index (χ3n) is 0.649. The molecule has 2 heteroatoms. The number of aromatic nitrogens is 1. The molecule has 1 aromatic heterocycles. The number of hydrogen-bond donors (Lipinski definition) is 1. The zero-order valence-electron chi connectivity index (χ0n) is 3.70. The van der Waals surface area contributed by atoms with Gasteiger partial charge in [-0.3, -0.25) is 0 Å². The monoisotopic (exact) mass is 95.0 g/mol. The molecular weight excluding hydrogens is 90.0 g/mol. The van der Waals surface area contributed by atoms with E-state index in [0.29, 0.717) is 0 Å². The molecule has 0 aliphatic carbocycles. The molecule has 1 rings (SSSR count). The highest BCUT2D eigenvalue weighted by atomic mass is 16.3. The highest BCUT2D eigenvalue weighted by Gasteiger charge is 1.76.